The van der Waals surface area contributed by atoms with E-state index in [1.807, 2.05) is 24.3 Å². The summed E-state index contributed by atoms with van der Waals surface area (Å²) < 4.78 is 41.8. The zero-order chi connectivity index (χ0) is 28.4. The Balaban J connectivity index is 1.39. The maximum absolute atomic E-state index is 14.7. The van der Waals surface area contributed by atoms with Gasteiger partial charge in [0, 0.05) is 28.7 Å². The van der Waals surface area contributed by atoms with Gasteiger partial charge in [-0.1, -0.05) is 52.7 Å². The molecule has 0 aliphatic carbocycles. The lowest BCUT2D eigenvalue weighted by Crippen LogP contribution is -2.61. The summed E-state index contributed by atoms with van der Waals surface area (Å²) in [5.41, 5.74) is 1.97. The molecule has 10 nitrogen and oxygen atoms in total. The Morgan fingerprint density at radius 3 is 2.20 bits per heavy atom. The van der Waals surface area contributed by atoms with Crippen molar-refractivity contribution >= 4 is 44.8 Å². The van der Waals surface area contributed by atoms with Gasteiger partial charge in [0.2, 0.25) is 10.0 Å². The summed E-state index contributed by atoms with van der Waals surface area (Å²) in [5.74, 6) is -1.11. The van der Waals surface area contributed by atoms with Crippen LogP contribution in [0.1, 0.15) is 33.4 Å². The zero-order valence-corrected chi connectivity index (χ0v) is 23.5. The minimum atomic E-state index is -3.83. The van der Waals surface area contributed by atoms with Gasteiger partial charge >= 0.3 is 0 Å². The van der Waals surface area contributed by atoms with Crippen LogP contribution >= 0.6 is 23.2 Å². The minimum Gasteiger partial charge on any atom is -0.345 e. The molecule has 1 saturated heterocycles. The molecule has 208 valence electrons. The Morgan fingerprint density at radius 2 is 1.68 bits per heavy atom. The predicted octanol–water partition coefficient (Wildman–Crippen LogP) is 3.82. The number of aromatic nitrogens is 4. The van der Waals surface area contributed by atoms with Crippen molar-refractivity contribution in [1.29, 1.82) is 0 Å². The first kappa shape index (κ1) is 28.0. The van der Waals surface area contributed by atoms with Gasteiger partial charge < -0.3 is 5.32 Å². The Kier molecular flexibility index (Phi) is 8.04. The van der Waals surface area contributed by atoms with E-state index >= 15 is 0 Å². The summed E-state index contributed by atoms with van der Waals surface area (Å²) in [5, 5.41) is 17.0. The average Bonchev–Trinajstić information content (AvgIpc) is 3.40. The van der Waals surface area contributed by atoms with Crippen molar-refractivity contribution in [2.75, 3.05) is 23.7 Å². The van der Waals surface area contributed by atoms with Gasteiger partial charge in [0.25, 0.3) is 5.91 Å². The quantitative estimate of drug-likeness (QED) is 0.298. The van der Waals surface area contributed by atoms with Crippen LogP contribution in [0.5, 0.6) is 0 Å². The SMILES string of the molecule is CS(=O)(=O)N(c1cc(F)cc(C(=O)NCc2nn[nH]n2)c1)C1CN(C(c2ccc(Cl)cc2)c2ccc(Cl)cc2)C1. The number of amides is 1. The summed E-state index contributed by atoms with van der Waals surface area (Å²) in [6, 6.07) is 17.7. The van der Waals surface area contributed by atoms with Gasteiger partial charge in [-0.15, -0.1) is 10.2 Å². The number of rotatable bonds is 9. The van der Waals surface area contributed by atoms with E-state index in [0.29, 0.717) is 23.1 Å². The molecule has 0 saturated carbocycles. The Bertz CT molecular complexity index is 1550. The second-order valence-corrected chi connectivity index (χ2v) is 12.1. The van der Waals surface area contributed by atoms with Crippen molar-refractivity contribution in [1.82, 2.24) is 30.8 Å². The third-order valence-electron chi connectivity index (χ3n) is 6.51. The van der Waals surface area contributed by atoms with Crippen LogP contribution < -0.4 is 9.62 Å². The summed E-state index contributed by atoms with van der Waals surface area (Å²) in [7, 11) is -3.83. The van der Waals surface area contributed by atoms with Crippen molar-refractivity contribution in [2.24, 2.45) is 0 Å². The fraction of sp³-hybridized carbons (Fsp3) is 0.231. The van der Waals surface area contributed by atoms with Crippen molar-refractivity contribution < 1.29 is 17.6 Å². The molecule has 4 aromatic rings. The second kappa shape index (κ2) is 11.5. The summed E-state index contributed by atoms with van der Waals surface area (Å²) in [6.07, 6.45) is 1.06. The molecule has 1 aromatic heterocycles. The van der Waals surface area contributed by atoms with Crippen LogP contribution in [0.3, 0.4) is 0 Å². The van der Waals surface area contributed by atoms with Gasteiger partial charge in [-0.05, 0) is 53.6 Å². The number of carbonyl (C=O) groups is 1. The number of hydrogen-bond acceptors (Lipinski definition) is 7. The standard InChI is InChI=1S/C26H24Cl2FN7O3S/c1-40(38,39)36(22-11-18(10-21(29)12-22)26(37)30-13-24-31-33-34-32-24)23-14-35(15-23)25(16-2-6-19(27)7-3-16)17-4-8-20(28)9-5-17/h2-12,23,25H,13-15H2,1H3,(H,30,37)(H,31,32,33,34). The topological polar surface area (TPSA) is 124 Å². The normalized spacial score (nSPS) is 14.2. The minimum absolute atomic E-state index is 0.0364. The average molecular weight is 604 g/mol. The highest BCUT2D eigenvalue weighted by atomic mass is 35.5. The molecule has 5 rings (SSSR count). The van der Waals surface area contributed by atoms with E-state index in [9.17, 15) is 17.6 Å². The first-order valence-electron chi connectivity index (χ1n) is 12.1. The molecule has 3 aromatic carbocycles. The number of anilines is 1. The highest BCUT2D eigenvalue weighted by Gasteiger charge is 2.41. The fourth-order valence-electron chi connectivity index (χ4n) is 4.78. The van der Waals surface area contributed by atoms with Crippen LogP contribution in [-0.2, 0) is 16.6 Å². The van der Waals surface area contributed by atoms with Crippen LogP contribution in [0, 0.1) is 5.82 Å². The molecule has 0 spiro atoms. The number of nitrogens with zero attached hydrogens (tertiary/aromatic N) is 5. The van der Waals surface area contributed by atoms with Crippen molar-refractivity contribution in [3.8, 4) is 0 Å². The molecule has 1 fully saturated rings. The third kappa shape index (κ3) is 6.25. The molecule has 0 radical (unpaired) electrons. The van der Waals surface area contributed by atoms with Gasteiger partial charge in [0.1, 0.15) is 5.82 Å². The van der Waals surface area contributed by atoms with Crippen LogP contribution in [0.25, 0.3) is 0 Å². The summed E-state index contributed by atoms with van der Waals surface area (Å²) in [6.45, 7) is 0.684. The summed E-state index contributed by atoms with van der Waals surface area (Å²) in [4.78, 5) is 14.8. The Labute approximate surface area is 240 Å². The number of nitrogens with one attached hydrogen (secondary N) is 2. The molecule has 14 heteroatoms. The molecule has 1 aliphatic heterocycles. The number of hydrogen-bond donors (Lipinski definition) is 2. The number of halogens is 3. The summed E-state index contributed by atoms with van der Waals surface area (Å²) >= 11 is 12.2. The maximum Gasteiger partial charge on any atom is 0.251 e. The van der Waals surface area contributed by atoms with Crippen molar-refractivity contribution in [3.05, 3.63) is 105 Å². The molecule has 1 aliphatic rings. The molecular weight excluding hydrogens is 580 g/mol. The fourth-order valence-corrected chi connectivity index (χ4v) is 6.19. The van der Waals surface area contributed by atoms with E-state index < -0.39 is 27.8 Å². The van der Waals surface area contributed by atoms with Crippen LogP contribution in [0.2, 0.25) is 10.0 Å². The van der Waals surface area contributed by atoms with E-state index in [-0.39, 0.29) is 29.7 Å². The lowest BCUT2D eigenvalue weighted by Gasteiger charge is -2.48. The van der Waals surface area contributed by atoms with Crippen LogP contribution in [-0.4, -0.2) is 65.2 Å². The third-order valence-corrected chi connectivity index (χ3v) is 8.24. The molecule has 2 N–H and O–H groups in total. The number of tetrazole rings is 1. The smallest absolute Gasteiger partial charge is 0.251 e. The monoisotopic (exact) mass is 603 g/mol. The molecule has 2 heterocycles. The number of carbonyl (C=O) groups excluding carboxylic acids is 1. The molecule has 0 atom stereocenters. The number of H-pyrrole nitrogens is 1. The molecule has 0 bridgehead atoms. The lowest BCUT2D eigenvalue weighted by molar-refractivity contribution is 0.0949. The largest absolute Gasteiger partial charge is 0.345 e. The predicted molar refractivity (Wildman–Crippen MR) is 149 cm³/mol. The van der Waals surface area contributed by atoms with E-state index in [1.54, 1.807) is 24.3 Å². The zero-order valence-electron chi connectivity index (χ0n) is 21.1. The lowest BCUT2D eigenvalue weighted by atomic mass is 9.93. The van der Waals surface area contributed by atoms with Gasteiger partial charge in [-0.3, -0.25) is 14.0 Å². The van der Waals surface area contributed by atoms with E-state index in [1.165, 1.54) is 10.4 Å². The maximum atomic E-state index is 14.7. The number of likely N-dealkylation sites (tertiary alicyclic amines) is 1. The molecule has 1 amide bonds. The van der Waals surface area contributed by atoms with Crippen LogP contribution in [0.15, 0.2) is 66.7 Å². The first-order valence-corrected chi connectivity index (χ1v) is 14.7. The number of aromatic amines is 1. The van der Waals surface area contributed by atoms with Gasteiger partial charge in [0.05, 0.1) is 30.6 Å². The number of benzene rings is 3. The highest BCUT2D eigenvalue weighted by Crippen LogP contribution is 2.37. The number of sulfonamides is 1. The van der Waals surface area contributed by atoms with E-state index in [2.05, 4.69) is 30.8 Å². The van der Waals surface area contributed by atoms with Gasteiger partial charge in [0.15, 0.2) is 5.82 Å². The highest BCUT2D eigenvalue weighted by molar-refractivity contribution is 7.92. The van der Waals surface area contributed by atoms with Gasteiger partial charge in [-0.2, -0.15) is 5.21 Å². The Morgan fingerprint density at radius 1 is 1.07 bits per heavy atom. The Hall–Kier alpha value is -3.58. The van der Waals surface area contributed by atoms with Gasteiger partial charge in [-0.25, -0.2) is 12.8 Å². The van der Waals surface area contributed by atoms with E-state index in [4.69, 9.17) is 23.2 Å². The molecular formula is C26H24Cl2FN7O3S. The molecule has 40 heavy (non-hydrogen) atoms. The van der Waals surface area contributed by atoms with Crippen LogP contribution in [0.4, 0.5) is 10.1 Å². The molecule has 0 unspecified atom stereocenters. The van der Waals surface area contributed by atoms with E-state index in [0.717, 1.165) is 29.5 Å². The van der Waals surface area contributed by atoms with Crippen molar-refractivity contribution in [2.45, 2.75) is 18.6 Å². The van der Waals surface area contributed by atoms with Crippen molar-refractivity contribution in [3.63, 3.8) is 0 Å². The second-order valence-electron chi connectivity index (χ2n) is 9.38. The first-order chi connectivity index (χ1) is 19.1.